The minimum atomic E-state index is 0.338. The number of nitrogens with zero attached hydrogens (tertiary/aromatic N) is 4. The quantitative estimate of drug-likeness (QED) is 0.684. The van der Waals surface area contributed by atoms with Crippen molar-refractivity contribution in [1.82, 2.24) is 20.2 Å². The molecule has 1 atom stereocenters. The second-order valence-corrected chi connectivity index (χ2v) is 6.33. The van der Waals surface area contributed by atoms with Crippen molar-refractivity contribution in [1.29, 1.82) is 0 Å². The number of piperidine rings is 1. The molecule has 0 saturated carbocycles. The largest absolute Gasteiger partial charge is 0.381 e. The van der Waals surface area contributed by atoms with Gasteiger partial charge in [-0.25, -0.2) is 4.98 Å². The van der Waals surface area contributed by atoms with E-state index in [1.54, 1.807) is 0 Å². The lowest BCUT2D eigenvalue weighted by Gasteiger charge is -2.34. The molecule has 1 unspecified atom stereocenters. The molecule has 7 nitrogen and oxygen atoms in total. The number of benzene rings is 1. The minimum Gasteiger partial charge on any atom is -0.381 e. The molecule has 0 bridgehead atoms. The van der Waals surface area contributed by atoms with Crippen LogP contribution in [0.4, 0.5) is 17.5 Å². The van der Waals surface area contributed by atoms with Gasteiger partial charge < -0.3 is 16.0 Å². The summed E-state index contributed by atoms with van der Waals surface area (Å²) in [6, 6.07) is 8.65. The van der Waals surface area contributed by atoms with E-state index in [0.717, 1.165) is 54.0 Å². The molecule has 3 aromatic rings. The normalized spacial score (nSPS) is 18.0. The topological polar surface area (TPSA) is 95.8 Å². The van der Waals surface area contributed by atoms with Crippen LogP contribution in [0, 0.1) is 6.92 Å². The van der Waals surface area contributed by atoms with E-state index in [2.05, 4.69) is 48.6 Å². The third kappa shape index (κ3) is 2.97. The Bertz CT molecular complexity index is 837. The van der Waals surface area contributed by atoms with Crippen LogP contribution in [0.25, 0.3) is 10.9 Å². The molecule has 7 heteroatoms. The van der Waals surface area contributed by atoms with Crippen molar-refractivity contribution >= 4 is 28.4 Å². The first-order valence-electron chi connectivity index (χ1n) is 8.23. The smallest absolute Gasteiger partial charge is 0.222 e. The number of H-pyrrole nitrogens is 1. The van der Waals surface area contributed by atoms with E-state index in [1.807, 2.05) is 19.2 Å². The number of anilines is 3. The molecular weight excluding hydrogens is 302 g/mol. The SMILES string of the molecule is Cc1cc(N2CCCC(Nc3ccc4[nH]ncc4c3)C2)nc(N)n1. The zero-order valence-corrected chi connectivity index (χ0v) is 13.7. The highest BCUT2D eigenvalue weighted by atomic mass is 15.2. The van der Waals surface area contributed by atoms with Crippen molar-refractivity contribution in [3.8, 4) is 0 Å². The van der Waals surface area contributed by atoms with E-state index in [4.69, 9.17) is 5.73 Å². The number of nitrogens with one attached hydrogen (secondary N) is 2. The molecule has 1 aromatic carbocycles. The van der Waals surface area contributed by atoms with Crippen LogP contribution in [0.2, 0.25) is 0 Å². The van der Waals surface area contributed by atoms with E-state index in [-0.39, 0.29) is 0 Å². The van der Waals surface area contributed by atoms with Gasteiger partial charge in [0.2, 0.25) is 5.95 Å². The number of hydrogen-bond acceptors (Lipinski definition) is 6. The van der Waals surface area contributed by atoms with Gasteiger partial charge >= 0.3 is 0 Å². The number of aromatic nitrogens is 4. The molecular formula is C17H21N7. The summed E-state index contributed by atoms with van der Waals surface area (Å²) in [5.41, 5.74) is 8.87. The molecule has 1 saturated heterocycles. The average Bonchev–Trinajstić information content (AvgIpc) is 3.02. The third-order valence-electron chi connectivity index (χ3n) is 4.41. The van der Waals surface area contributed by atoms with Crippen LogP contribution in [0.1, 0.15) is 18.5 Å². The van der Waals surface area contributed by atoms with Gasteiger partial charge in [-0.05, 0) is 38.0 Å². The molecule has 24 heavy (non-hydrogen) atoms. The summed E-state index contributed by atoms with van der Waals surface area (Å²) in [6.45, 7) is 3.84. The first-order valence-corrected chi connectivity index (χ1v) is 8.23. The van der Waals surface area contributed by atoms with Crippen molar-refractivity contribution in [3.63, 3.8) is 0 Å². The molecule has 0 radical (unpaired) electrons. The molecule has 0 spiro atoms. The maximum atomic E-state index is 5.79. The van der Waals surface area contributed by atoms with Crippen LogP contribution in [0.3, 0.4) is 0 Å². The van der Waals surface area contributed by atoms with Crippen molar-refractivity contribution < 1.29 is 0 Å². The highest BCUT2D eigenvalue weighted by Crippen LogP contribution is 2.23. The predicted octanol–water partition coefficient (Wildman–Crippen LogP) is 2.32. The Morgan fingerprint density at radius 3 is 3.08 bits per heavy atom. The lowest BCUT2D eigenvalue weighted by molar-refractivity contribution is 0.526. The molecule has 0 aliphatic carbocycles. The van der Waals surface area contributed by atoms with E-state index < -0.39 is 0 Å². The van der Waals surface area contributed by atoms with Gasteiger partial charge in [0.15, 0.2) is 0 Å². The molecule has 1 aliphatic heterocycles. The van der Waals surface area contributed by atoms with Crippen LogP contribution >= 0.6 is 0 Å². The number of fused-ring (bicyclic) bond motifs is 1. The van der Waals surface area contributed by atoms with Crippen LogP contribution in [0.15, 0.2) is 30.5 Å². The Morgan fingerprint density at radius 1 is 1.29 bits per heavy atom. The number of aryl methyl sites for hydroxylation is 1. The fraction of sp³-hybridized carbons (Fsp3) is 0.353. The van der Waals surface area contributed by atoms with Crippen molar-refractivity contribution in [2.24, 2.45) is 0 Å². The number of nitrogen functional groups attached to an aromatic ring is 1. The van der Waals surface area contributed by atoms with Crippen LogP contribution < -0.4 is 16.0 Å². The minimum absolute atomic E-state index is 0.338. The Labute approximate surface area is 140 Å². The predicted molar refractivity (Wildman–Crippen MR) is 96.1 cm³/mol. The van der Waals surface area contributed by atoms with Crippen molar-refractivity contribution in [2.75, 3.05) is 29.0 Å². The van der Waals surface area contributed by atoms with E-state index >= 15 is 0 Å². The van der Waals surface area contributed by atoms with Gasteiger partial charge in [0.1, 0.15) is 5.82 Å². The summed E-state index contributed by atoms with van der Waals surface area (Å²) in [6.07, 6.45) is 4.11. The van der Waals surface area contributed by atoms with Gasteiger partial charge in [-0.2, -0.15) is 10.1 Å². The maximum Gasteiger partial charge on any atom is 0.222 e. The molecule has 4 rings (SSSR count). The number of rotatable bonds is 3. The highest BCUT2D eigenvalue weighted by molar-refractivity contribution is 5.81. The Balaban J connectivity index is 1.49. The Hall–Kier alpha value is -2.83. The van der Waals surface area contributed by atoms with Crippen molar-refractivity contribution in [2.45, 2.75) is 25.8 Å². The summed E-state index contributed by atoms with van der Waals surface area (Å²) >= 11 is 0. The molecule has 0 amide bonds. The summed E-state index contributed by atoms with van der Waals surface area (Å²) in [4.78, 5) is 10.8. The molecule has 4 N–H and O–H groups in total. The van der Waals surface area contributed by atoms with E-state index in [0.29, 0.717) is 12.0 Å². The molecule has 1 fully saturated rings. The summed E-state index contributed by atoms with van der Waals surface area (Å²) in [7, 11) is 0. The summed E-state index contributed by atoms with van der Waals surface area (Å²) in [5.74, 6) is 1.25. The standard InChI is InChI=1S/C17H21N7/c1-11-7-16(22-17(18)20-11)24-6-2-3-14(10-24)21-13-4-5-15-12(8-13)9-19-23-15/h4-5,7-9,14,21H,2-3,6,10H2,1H3,(H,19,23)(H2,18,20,22). The first-order chi connectivity index (χ1) is 11.7. The lowest BCUT2D eigenvalue weighted by Crippen LogP contribution is -2.42. The van der Waals surface area contributed by atoms with Crippen LogP contribution in [-0.4, -0.2) is 39.3 Å². The molecule has 124 valence electrons. The van der Waals surface area contributed by atoms with Crippen LogP contribution in [-0.2, 0) is 0 Å². The second kappa shape index (κ2) is 5.99. The van der Waals surface area contributed by atoms with Crippen molar-refractivity contribution in [3.05, 3.63) is 36.2 Å². The number of nitrogens with two attached hydrogens (primary N) is 1. The van der Waals surface area contributed by atoms with Crippen LogP contribution in [0.5, 0.6) is 0 Å². The lowest BCUT2D eigenvalue weighted by atomic mass is 10.0. The van der Waals surface area contributed by atoms with Gasteiger partial charge in [-0.15, -0.1) is 0 Å². The van der Waals surface area contributed by atoms with Gasteiger partial charge in [0.05, 0.1) is 11.7 Å². The first kappa shape index (κ1) is 14.7. The van der Waals surface area contributed by atoms with Gasteiger partial charge in [-0.1, -0.05) is 0 Å². The monoisotopic (exact) mass is 323 g/mol. The molecule has 2 aromatic heterocycles. The fourth-order valence-corrected chi connectivity index (χ4v) is 3.31. The summed E-state index contributed by atoms with van der Waals surface area (Å²) in [5, 5.41) is 11.8. The Kier molecular flexibility index (Phi) is 3.68. The zero-order chi connectivity index (χ0) is 16.5. The Morgan fingerprint density at radius 2 is 2.21 bits per heavy atom. The van der Waals surface area contributed by atoms with Gasteiger partial charge in [0, 0.05) is 42.0 Å². The van der Waals surface area contributed by atoms with Gasteiger partial charge in [-0.3, -0.25) is 5.10 Å². The fourth-order valence-electron chi connectivity index (χ4n) is 3.31. The number of aromatic amines is 1. The molecule has 3 heterocycles. The maximum absolute atomic E-state index is 5.79. The average molecular weight is 323 g/mol. The number of hydrogen-bond donors (Lipinski definition) is 3. The molecule has 1 aliphatic rings. The highest BCUT2D eigenvalue weighted by Gasteiger charge is 2.21. The van der Waals surface area contributed by atoms with E-state index in [9.17, 15) is 0 Å². The summed E-state index contributed by atoms with van der Waals surface area (Å²) < 4.78 is 0. The zero-order valence-electron chi connectivity index (χ0n) is 13.7. The second-order valence-electron chi connectivity index (χ2n) is 6.33. The van der Waals surface area contributed by atoms with E-state index in [1.165, 1.54) is 0 Å². The van der Waals surface area contributed by atoms with Gasteiger partial charge in [0.25, 0.3) is 0 Å². The third-order valence-corrected chi connectivity index (χ3v) is 4.41.